The van der Waals surface area contributed by atoms with Crippen LogP contribution in [-0.4, -0.2) is 76.8 Å². The van der Waals surface area contributed by atoms with Crippen molar-refractivity contribution in [3.8, 4) is 0 Å². The maximum absolute atomic E-state index is 12.8. The molecule has 1 saturated carbocycles. The third kappa shape index (κ3) is 4.15. The van der Waals surface area contributed by atoms with E-state index in [9.17, 15) is 9.59 Å². The van der Waals surface area contributed by atoms with Gasteiger partial charge in [0.25, 0.3) is 0 Å². The van der Waals surface area contributed by atoms with Crippen LogP contribution in [-0.2, 0) is 9.59 Å². The van der Waals surface area contributed by atoms with Crippen molar-refractivity contribution < 1.29 is 9.59 Å². The molecule has 0 radical (unpaired) electrons. The summed E-state index contributed by atoms with van der Waals surface area (Å²) < 4.78 is 0. The zero-order valence-corrected chi connectivity index (χ0v) is 16.2. The normalized spacial score (nSPS) is 28.9. The van der Waals surface area contributed by atoms with E-state index in [0.717, 1.165) is 52.0 Å². The lowest BCUT2D eigenvalue weighted by Gasteiger charge is -2.38. The summed E-state index contributed by atoms with van der Waals surface area (Å²) in [4.78, 5) is 35.8. The van der Waals surface area contributed by atoms with Gasteiger partial charge in [-0.3, -0.25) is 19.5 Å². The summed E-state index contributed by atoms with van der Waals surface area (Å²) in [6.45, 7) is 6.61. The van der Waals surface area contributed by atoms with E-state index >= 15 is 0 Å². The van der Waals surface area contributed by atoms with Gasteiger partial charge in [0, 0.05) is 57.1 Å². The van der Waals surface area contributed by atoms with E-state index in [1.165, 1.54) is 12.0 Å². The second kappa shape index (κ2) is 7.97. The molecule has 1 aromatic rings. The summed E-state index contributed by atoms with van der Waals surface area (Å²) in [5, 5.41) is 0. The number of hydrogen-bond acceptors (Lipinski definition) is 4. The molecule has 1 aromatic heterocycles. The first-order chi connectivity index (χ1) is 13.1. The third-order valence-electron chi connectivity index (χ3n) is 6.39. The average Bonchev–Trinajstić information content (AvgIpc) is 3.50. The van der Waals surface area contributed by atoms with E-state index in [0.29, 0.717) is 18.5 Å². The Bertz CT molecular complexity index is 672. The summed E-state index contributed by atoms with van der Waals surface area (Å²) >= 11 is 0. The molecule has 3 aliphatic rings. The van der Waals surface area contributed by atoms with Crippen LogP contribution in [0.4, 0.5) is 0 Å². The monoisotopic (exact) mass is 370 g/mol. The lowest BCUT2D eigenvalue weighted by atomic mass is 10.0. The molecule has 0 spiro atoms. The van der Waals surface area contributed by atoms with Crippen LogP contribution in [0.25, 0.3) is 0 Å². The third-order valence-corrected chi connectivity index (χ3v) is 6.39. The first-order valence-electron chi connectivity index (χ1n) is 10.3. The Balaban J connectivity index is 1.23. The number of piperazine rings is 1. The van der Waals surface area contributed by atoms with E-state index in [4.69, 9.17) is 0 Å². The van der Waals surface area contributed by atoms with Crippen LogP contribution in [0.1, 0.15) is 44.1 Å². The number of likely N-dealkylation sites (tertiary alicyclic amines) is 1. The van der Waals surface area contributed by atoms with Crippen molar-refractivity contribution in [2.45, 2.75) is 44.6 Å². The van der Waals surface area contributed by atoms with Gasteiger partial charge in [0.1, 0.15) is 0 Å². The summed E-state index contributed by atoms with van der Waals surface area (Å²) in [6.07, 6.45) is 8.06. The van der Waals surface area contributed by atoms with E-state index in [2.05, 4.69) is 22.9 Å². The van der Waals surface area contributed by atoms with E-state index < -0.39 is 0 Å². The van der Waals surface area contributed by atoms with Gasteiger partial charge in [0.05, 0.1) is 6.54 Å². The highest BCUT2D eigenvalue weighted by atomic mass is 16.2. The second-order valence-electron chi connectivity index (χ2n) is 8.27. The fourth-order valence-electron chi connectivity index (χ4n) is 4.54. The molecule has 146 valence electrons. The summed E-state index contributed by atoms with van der Waals surface area (Å²) in [6, 6.07) is 4.37. The summed E-state index contributed by atoms with van der Waals surface area (Å²) in [7, 11) is 0. The molecule has 4 rings (SSSR count). The van der Waals surface area contributed by atoms with Crippen LogP contribution in [0.3, 0.4) is 0 Å². The van der Waals surface area contributed by atoms with E-state index in [1.807, 2.05) is 22.1 Å². The smallest absolute Gasteiger partial charge is 0.236 e. The maximum atomic E-state index is 12.8. The zero-order valence-electron chi connectivity index (χ0n) is 16.2. The number of nitrogens with zero attached hydrogens (tertiary/aromatic N) is 4. The molecule has 0 aromatic carbocycles. The molecule has 3 fully saturated rings. The first kappa shape index (κ1) is 18.4. The van der Waals surface area contributed by atoms with Crippen molar-refractivity contribution >= 4 is 11.8 Å². The topological polar surface area (TPSA) is 56.8 Å². The number of carbonyl (C=O) groups is 2. The fourth-order valence-corrected chi connectivity index (χ4v) is 4.54. The minimum atomic E-state index is 0.122. The molecule has 3 heterocycles. The highest BCUT2D eigenvalue weighted by Crippen LogP contribution is 2.48. The number of rotatable bonds is 4. The molecular weight excluding hydrogens is 340 g/mol. The van der Waals surface area contributed by atoms with Crippen LogP contribution in [0.2, 0.25) is 0 Å². The molecule has 0 bridgehead atoms. The SMILES string of the molecule is CC1CCCCN1C(=O)CN1CCN(C(=O)[C@H]2C[C@@H]2c2cccnc2)CC1. The predicted octanol–water partition coefficient (Wildman–Crippen LogP) is 1.73. The van der Waals surface area contributed by atoms with Crippen molar-refractivity contribution in [1.82, 2.24) is 19.7 Å². The van der Waals surface area contributed by atoms with Crippen molar-refractivity contribution in [2.24, 2.45) is 5.92 Å². The van der Waals surface area contributed by atoms with Gasteiger partial charge >= 0.3 is 0 Å². The Morgan fingerprint density at radius 3 is 2.67 bits per heavy atom. The van der Waals surface area contributed by atoms with E-state index in [1.54, 1.807) is 6.20 Å². The number of piperidine rings is 1. The number of carbonyl (C=O) groups excluding carboxylic acids is 2. The summed E-state index contributed by atoms with van der Waals surface area (Å²) in [5.41, 5.74) is 1.18. The molecule has 1 aliphatic carbocycles. The van der Waals surface area contributed by atoms with Crippen LogP contribution in [0, 0.1) is 5.92 Å². The standard InChI is InChI=1S/C21H30N4O2/c1-16-5-2-3-8-25(16)20(26)15-23-9-11-24(12-10-23)21(27)19-13-18(19)17-6-4-7-22-14-17/h4,6-7,14,16,18-19H,2-3,5,8-13,15H2,1H3/t16?,18-,19+/m1/s1. The molecule has 1 unspecified atom stereocenters. The molecule has 2 amide bonds. The number of hydrogen-bond donors (Lipinski definition) is 0. The van der Waals surface area contributed by atoms with Gasteiger partial charge in [0.15, 0.2) is 0 Å². The molecule has 2 aliphatic heterocycles. The van der Waals surface area contributed by atoms with Crippen LogP contribution < -0.4 is 0 Å². The van der Waals surface area contributed by atoms with E-state index in [-0.39, 0.29) is 17.7 Å². The van der Waals surface area contributed by atoms with Gasteiger partial charge in [-0.1, -0.05) is 6.07 Å². The molecule has 27 heavy (non-hydrogen) atoms. The zero-order chi connectivity index (χ0) is 18.8. The predicted molar refractivity (Wildman–Crippen MR) is 103 cm³/mol. The van der Waals surface area contributed by atoms with Gasteiger partial charge in [-0.25, -0.2) is 0 Å². The number of aromatic nitrogens is 1. The Kier molecular flexibility index (Phi) is 5.43. The Hall–Kier alpha value is -1.95. The fraction of sp³-hybridized carbons (Fsp3) is 0.667. The Morgan fingerprint density at radius 1 is 1.15 bits per heavy atom. The van der Waals surface area contributed by atoms with Crippen LogP contribution in [0.15, 0.2) is 24.5 Å². The molecular formula is C21H30N4O2. The van der Waals surface area contributed by atoms with Crippen molar-refractivity contribution in [3.05, 3.63) is 30.1 Å². The number of pyridine rings is 1. The van der Waals surface area contributed by atoms with Gasteiger partial charge in [-0.05, 0) is 50.2 Å². The summed E-state index contributed by atoms with van der Waals surface area (Å²) in [5.74, 6) is 0.989. The van der Waals surface area contributed by atoms with Gasteiger partial charge < -0.3 is 9.80 Å². The highest BCUT2D eigenvalue weighted by molar-refractivity contribution is 5.83. The minimum Gasteiger partial charge on any atom is -0.340 e. The highest BCUT2D eigenvalue weighted by Gasteiger charge is 2.46. The molecule has 0 N–H and O–H groups in total. The van der Waals surface area contributed by atoms with Crippen LogP contribution in [0.5, 0.6) is 0 Å². The molecule has 6 heteroatoms. The quantitative estimate of drug-likeness (QED) is 0.810. The van der Waals surface area contributed by atoms with Crippen molar-refractivity contribution in [3.63, 3.8) is 0 Å². The van der Waals surface area contributed by atoms with Gasteiger partial charge in [-0.15, -0.1) is 0 Å². The lowest BCUT2D eigenvalue weighted by Crippen LogP contribution is -2.53. The molecule has 3 atom stereocenters. The minimum absolute atomic E-state index is 0.122. The van der Waals surface area contributed by atoms with Crippen molar-refractivity contribution in [1.29, 1.82) is 0 Å². The van der Waals surface area contributed by atoms with Gasteiger partial charge in [0.2, 0.25) is 11.8 Å². The number of amides is 2. The van der Waals surface area contributed by atoms with Crippen molar-refractivity contribution in [2.75, 3.05) is 39.3 Å². The largest absolute Gasteiger partial charge is 0.340 e. The Labute approximate surface area is 161 Å². The lowest BCUT2D eigenvalue weighted by molar-refractivity contribution is -0.137. The second-order valence-corrected chi connectivity index (χ2v) is 8.27. The average molecular weight is 370 g/mol. The maximum Gasteiger partial charge on any atom is 0.236 e. The van der Waals surface area contributed by atoms with Crippen LogP contribution >= 0.6 is 0 Å². The Morgan fingerprint density at radius 2 is 1.96 bits per heavy atom. The molecule has 2 saturated heterocycles. The first-order valence-corrected chi connectivity index (χ1v) is 10.3. The van der Waals surface area contributed by atoms with Gasteiger partial charge in [-0.2, -0.15) is 0 Å². The molecule has 6 nitrogen and oxygen atoms in total.